The summed E-state index contributed by atoms with van der Waals surface area (Å²) in [6.45, 7) is 1.44. The van der Waals surface area contributed by atoms with Gasteiger partial charge in [-0.15, -0.1) is 0 Å². The second kappa shape index (κ2) is 6.90. The quantitative estimate of drug-likeness (QED) is 0.254. The second-order valence-corrected chi connectivity index (χ2v) is 6.14. The van der Waals surface area contributed by atoms with Gasteiger partial charge in [-0.3, -0.25) is 15.1 Å². The smallest absolute Gasteiger partial charge is 0.281 e. The Bertz CT molecular complexity index is 1010. The lowest BCUT2D eigenvalue weighted by Gasteiger charge is -2.11. The van der Waals surface area contributed by atoms with Crippen LogP contribution in [0.4, 0.5) is 5.69 Å². The zero-order valence-corrected chi connectivity index (χ0v) is 14.2. The third-order valence-corrected chi connectivity index (χ3v) is 4.10. The lowest BCUT2D eigenvalue weighted by atomic mass is 10.1. The second-order valence-electron chi connectivity index (χ2n) is 6.14. The topological polar surface area (TPSA) is 83.9 Å². The molecule has 0 spiro atoms. The van der Waals surface area contributed by atoms with Crippen LogP contribution in [0.3, 0.4) is 0 Å². The lowest BCUT2D eigenvalue weighted by Crippen LogP contribution is -2.16. The van der Waals surface area contributed by atoms with Crippen LogP contribution in [0.5, 0.6) is 0 Å². The van der Waals surface area contributed by atoms with Gasteiger partial charge in [0.05, 0.1) is 21.3 Å². The molecule has 3 aromatic rings. The molecule has 0 bridgehead atoms. The maximum Gasteiger partial charge on any atom is 0.281 e. The number of hydrogen-bond acceptors (Lipinski definition) is 5. The molecule has 1 N–H and O–H groups in total. The van der Waals surface area contributed by atoms with Crippen LogP contribution in [0.15, 0.2) is 47.5 Å². The number of nitrogens with zero attached hydrogens (tertiary/aromatic N) is 4. The highest BCUT2D eigenvalue weighted by molar-refractivity contribution is 5.97. The number of fused-ring (bicyclic) bond motifs is 2. The van der Waals surface area contributed by atoms with E-state index in [1.807, 2.05) is 32.3 Å². The third-order valence-electron chi connectivity index (χ3n) is 4.10. The largest absolute Gasteiger partial charge is 0.428 e. The highest BCUT2D eigenvalue weighted by Gasteiger charge is 2.18. The van der Waals surface area contributed by atoms with E-state index >= 15 is 0 Å². The van der Waals surface area contributed by atoms with Gasteiger partial charge in [-0.1, -0.05) is 24.3 Å². The molecule has 3 rings (SSSR count). The van der Waals surface area contributed by atoms with Crippen LogP contribution in [-0.2, 0) is 0 Å². The molecule has 130 valence electrons. The zero-order chi connectivity index (χ0) is 18.0. The SMILES string of the molecule is CN(C)CCCN=c1c2ccccc2n(O)c2cccc([N+](=O)[O-])c12. The molecular formula is C18H20N4O3. The van der Waals surface area contributed by atoms with Crippen LogP contribution < -0.4 is 5.36 Å². The first-order valence-corrected chi connectivity index (χ1v) is 8.06. The summed E-state index contributed by atoms with van der Waals surface area (Å²) < 4.78 is 0.997. The molecule has 0 saturated carbocycles. The van der Waals surface area contributed by atoms with Crippen molar-refractivity contribution in [2.75, 3.05) is 27.2 Å². The predicted molar refractivity (Wildman–Crippen MR) is 96.9 cm³/mol. The molecule has 25 heavy (non-hydrogen) atoms. The van der Waals surface area contributed by atoms with Crippen LogP contribution in [0.25, 0.3) is 21.8 Å². The van der Waals surface area contributed by atoms with Gasteiger partial charge in [0.25, 0.3) is 5.69 Å². The predicted octanol–water partition coefficient (Wildman–Crippen LogP) is 2.79. The van der Waals surface area contributed by atoms with Crippen molar-refractivity contribution in [1.29, 1.82) is 0 Å². The maximum absolute atomic E-state index is 11.5. The molecule has 0 fully saturated rings. The molecule has 0 aliphatic carbocycles. The Balaban J connectivity index is 2.34. The van der Waals surface area contributed by atoms with E-state index < -0.39 is 4.92 Å². The fraction of sp³-hybridized carbons (Fsp3) is 0.278. The zero-order valence-electron chi connectivity index (χ0n) is 14.2. The van der Waals surface area contributed by atoms with E-state index in [0.717, 1.165) is 17.7 Å². The van der Waals surface area contributed by atoms with E-state index in [-0.39, 0.29) is 5.69 Å². The number of rotatable bonds is 5. The number of non-ortho nitro benzene ring substituents is 1. The van der Waals surface area contributed by atoms with Gasteiger partial charge in [-0.2, -0.15) is 4.73 Å². The Labute approximate surface area is 144 Å². The van der Waals surface area contributed by atoms with Crippen LogP contribution in [0, 0.1) is 10.1 Å². The number of nitro groups is 1. The maximum atomic E-state index is 11.5. The Kier molecular flexibility index (Phi) is 4.67. The Morgan fingerprint density at radius 1 is 1.16 bits per heavy atom. The Hall–Kier alpha value is -2.93. The molecule has 0 saturated heterocycles. The van der Waals surface area contributed by atoms with Crippen molar-refractivity contribution < 1.29 is 10.1 Å². The molecule has 7 nitrogen and oxygen atoms in total. The number of nitro benzene ring substituents is 1. The summed E-state index contributed by atoms with van der Waals surface area (Å²) in [5.74, 6) is 0. The normalized spacial score (nSPS) is 12.4. The average molecular weight is 340 g/mol. The first-order valence-electron chi connectivity index (χ1n) is 8.06. The van der Waals surface area contributed by atoms with E-state index in [1.165, 1.54) is 6.07 Å². The van der Waals surface area contributed by atoms with E-state index in [2.05, 4.69) is 9.89 Å². The van der Waals surface area contributed by atoms with Crippen LogP contribution in [0.2, 0.25) is 0 Å². The number of para-hydroxylation sites is 1. The van der Waals surface area contributed by atoms with Gasteiger partial charge in [0.2, 0.25) is 0 Å². The molecule has 0 radical (unpaired) electrons. The van der Waals surface area contributed by atoms with Crippen LogP contribution >= 0.6 is 0 Å². The summed E-state index contributed by atoms with van der Waals surface area (Å²) in [4.78, 5) is 17.8. The molecule has 0 aliphatic heterocycles. The Morgan fingerprint density at radius 2 is 1.88 bits per heavy atom. The van der Waals surface area contributed by atoms with Crippen molar-refractivity contribution >= 4 is 27.5 Å². The molecule has 0 aliphatic rings. The summed E-state index contributed by atoms with van der Waals surface area (Å²) in [6.07, 6.45) is 0.845. The van der Waals surface area contributed by atoms with Gasteiger partial charge in [0.15, 0.2) is 0 Å². The molecule has 2 aromatic carbocycles. The first kappa shape index (κ1) is 16.9. The van der Waals surface area contributed by atoms with Gasteiger partial charge in [0.1, 0.15) is 5.39 Å². The molecule has 7 heteroatoms. The summed E-state index contributed by atoms with van der Waals surface area (Å²) in [5.41, 5.74) is 0.888. The molecule has 1 aromatic heterocycles. The van der Waals surface area contributed by atoms with Crippen molar-refractivity contribution in [2.24, 2.45) is 4.99 Å². The summed E-state index contributed by atoms with van der Waals surface area (Å²) >= 11 is 0. The highest BCUT2D eigenvalue weighted by Crippen LogP contribution is 2.25. The molecule has 1 heterocycles. The standard InChI is InChI=1S/C18H20N4O3/c1-20(2)12-6-11-19-18-13-7-3-4-8-14(13)21(23)15-9-5-10-16(17(15)18)22(24)25/h3-5,7-10,23H,6,11-12H2,1-2H3. The van der Waals surface area contributed by atoms with Crippen molar-refractivity contribution in [1.82, 2.24) is 9.63 Å². The molecule has 0 amide bonds. The van der Waals surface area contributed by atoms with Crippen LogP contribution in [-0.4, -0.2) is 46.9 Å². The fourth-order valence-corrected chi connectivity index (χ4v) is 2.96. The third kappa shape index (κ3) is 3.18. The van der Waals surface area contributed by atoms with Crippen molar-refractivity contribution in [3.63, 3.8) is 0 Å². The minimum absolute atomic E-state index is 0.0580. The van der Waals surface area contributed by atoms with E-state index in [9.17, 15) is 15.3 Å². The Morgan fingerprint density at radius 3 is 2.60 bits per heavy atom. The van der Waals surface area contributed by atoms with Gasteiger partial charge in [-0.05, 0) is 39.2 Å². The summed E-state index contributed by atoms with van der Waals surface area (Å²) in [7, 11) is 3.99. The van der Waals surface area contributed by atoms with Gasteiger partial charge < -0.3 is 10.1 Å². The van der Waals surface area contributed by atoms with Crippen molar-refractivity contribution in [2.45, 2.75) is 6.42 Å². The van der Waals surface area contributed by atoms with E-state index in [1.54, 1.807) is 18.2 Å². The van der Waals surface area contributed by atoms with Crippen molar-refractivity contribution in [3.8, 4) is 0 Å². The minimum atomic E-state index is -0.435. The molecule has 0 atom stereocenters. The summed E-state index contributed by atoms with van der Waals surface area (Å²) in [5, 5.41) is 23.6. The first-order chi connectivity index (χ1) is 12.0. The van der Waals surface area contributed by atoms with E-state index in [0.29, 0.717) is 33.7 Å². The average Bonchev–Trinajstić information content (AvgIpc) is 2.60. The number of pyridine rings is 1. The van der Waals surface area contributed by atoms with E-state index in [4.69, 9.17) is 0 Å². The van der Waals surface area contributed by atoms with Gasteiger partial charge >= 0.3 is 0 Å². The molecule has 0 unspecified atom stereocenters. The van der Waals surface area contributed by atoms with Crippen molar-refractivity contribution in [3.05, 3.63) is 57.9 Å². The summed E-state index contributed by atoms with van der Waals surface area (Å²) in [6, 6.07) is 11.9. The number of aromatic nitrogens is 1. The van der Waals surface area contributed by atoms with Gasteiger partial charge in [0, 0.05) is 18.0 Å². The lowest BCUT2D eigenvalue weighted by molar-refractivity contribution is -0.383. The highest BCUT2D eigenvalue weighted by atomic mass is 16.6. The van der Waals surface area contributed by atoms with Gasteiger partial charge in [-0.25, -0.2) is 0 Å². The van der Waals surface area contributed by atoms with Crippen LogP contribution in [0.1, 0.15) is 6.42 Å². The minimum Gasteiger partial charge on any atom is -0.428 e. The number of hydrogen-bond donors (Lipinski definition) is 1. The monoisotopic (exact) mass is 340 g/mol. The molecular weight excluding hydrogens is 320 g/mol. The fourth-order valence-electron chi connectivity index (χ4n) is 2.96. The number of benzene rings is 2.